The van der Waals surface area contributed by atoms with Gasteiger partial charge in [0.2, 0.25) is 15.9 Å². The van der Waals surface area contributed by atoms with Gasteiger partial charge in [0, 0.05) is 11.4 Å². The molecule has 0 radical (unpaired) electrons. The summed E-state index contributed by atoms with van der Waals surface area (Å²) in [5.74, 6) is -0.501. The molecule has 86 valence electrons. The molecule has 1 aromatic carbocycles. The van der Waals surface area contributed by atoms with Gasteiger partial charge in [0.15, 0.2) is 0 Å². The van der Waals surface area contributed by atoms with E-state index in [0.29, 0.717) is 16.3 Å². The van der Waals surface area contributed by atoms with Gasteiger partial charge in [0.05, 0.1) is 11.4 Å². The van der Waals surface area contributed by atoms with Crippen molar-refractivity contribution in [3.05, 3.63) is 28.8 Å². The van der Waals surface area contributed by atoms with E-state index in [1.165, 1.54) is 0 Å². The standard InChI is InChI=1S/C10H10ClNO3S/c1-7-6-8(11)2-3-9(7)12-10(13)4-5-16(12,14)15/h2-3,6H,4-5H2,1H3. The van der Waals surface area contributed by atoms with Gasteiger partial charge in [-0.25, -0.2) is 12.7 Å². The molecule has 0 saturated carbocycles. The average molecular weight is 260 g/mol. The molecule has 16 heavy (non-hydrogen) atoms. The molecule has 1 saturated heterocycles. The van der Waals surface area contributed by atoms with Gasteiger partial charge in [0.25, 0.3) is 0 Å². The molecule has 4 nitrogen and oxygen atoms in total. The van der Waals surface area contributed by atoms with Crippen LogP contribution in [0.5, 0.6) is 0 Å². The Labute approximate surface area is 98.9 Å². The summed E-state index contributed by atoms with van der Waals surface area (Å²) < 4.78 is 24.2. The first-order chi connectivity index (χ1) is 7.42. The Morgan fingerprint density at radius 2 is 2.06 bits per heavy atom. The molecule has 1 aliphatic rings. The third-order valence-corrected chi connectivity index (χ3v) is 4.37. The van der Waals surface area contributed by atoms with E-state index >= 15 is 0 Å². The second-order valence-electron chi connectivity index (χ2n) is 3.65. The Hall–Kier alpha value is -1.07. The minimum Gasteiger partial charge on any atom is -0.273 e. The molecule has 0 unspecified atom stereocenters. The summed E-state index contributed by atoms with van der Waals surface area (Å²) >= 11 is 5.78. The van der Waals surface area contributed by atoms with Crippen LogP contribution in [0.25, 0.3) is 0 Å². The number of anilines is 1. The summed E-state index contributed by atoms with van der Waals surface area (Å²) in [5, 5.41) is 0.519. The van der Waals surface area contributed by atoms with E-state index < -0.39 is 10.0 Å². The molecule has 1 amide bonds. The fourth-order valence-electron chi connectivity index (χ4n) is 1.70. The van der Waals surface area contributed by atoms with E-state index in [9.17, 15) is 13.2 Å². The van der Waals surface area contributed by atoms with E-state index in [1.807, 2.05) is 0 Å². The zero-order chi connectivity index (χ0) is 11.9. The van der Waals surface area contributed by atoms with Crippen LogP contribution in [0.15, 0.2) is 18.2 Å². The highest BCUT2D eigenvalue weighted by Gasteiger charge is 2.36. The summed E-state index contributed by atoms with van der Waals surface area (Å²) in [7, 11) is -3.48. The highest BCUT2D eigenvalue weighted by atomic mass is 35.5. The normalized spacial score (nSPS) is 19.1. The number of rotatable bonds is 1. The Morgan fingerprint density at radius 1 is 1.38 bits per heavy atom. The molecule has 0 aromatic heterocycles. The number of carbonyl (C=O) groups is 1. The highest BCUT2D eigenvalue weighted by molar-refractivity contribution is 7.94. The van der Waals surface area contributed by atoms with Crippen LogP contribution in [0.3, 0.4) is 0 Å². The third kappa shape index (κ3) is 1.81. The number of nitrogens with zero attached hydrogens (tertiary/aromatic N) is 1. The maximum atomic E-state index is 11.7. The SMILES string of the molecule is Cc1cc(Cl)ccc1N1C(=O)CCS1(=O)=O. The molecular weight excluding hydrogens is 250 g/mol. The van der Waals surface area contributed by atoms with Crippen LogP contribution in [0.1, 0.15) is 12.0 Å². The smallest absolute Gasteiger partial charge is 0.242 e. The van der Waals surface area contributed by atoms with Crippen LogP contribution < -0.4 is 4.31 Å². The van der Waals surface area contributed by atoms with E-state index in [2.05, 4.69) is 0 Å². The van der Waals surface area contributed by atoms with Gasteiger partial charge in [-0.2, -0.15) is 0 Å². The molecule has 1 heterocycles. The zero-order valence-electron chi connectivity index (χ0n) is 8.60. The van der Waals surface area contributed by atoms with E-state index in [1.54, 1.807) is 25.1 Å². The second kappa shape index (κ2) is 3.75. The van der Waals surface area contributed by atoms with Gasteiger partial charge in [-0.1, -0.05) is 11.6 Å². The van der Waals surface area contributed by atoms with Crippen molar-refractivity contribution in [2.45, 2.75) is 13.3 Å². The zero-order valence-corrected chi connectivity index (χ0v) is 10.2. The predicted octanol–water partition coefficient (Wildman–Crippen LogP) is 1.71. The molecule has 0 N–H and O–H groups in total. The number of sulfonamides is 1. The van der Waals surface area contributed by atoms with Gasteiger partial charge in [-0.15, -0.1) is 0 Å². The van der Waals surface area contributed by atoms with Crippen LogP contribution in [-0.4, -0.2) is 20.1 Å². The van der Waals surface area contributed by atoms with Crippen LogP contribution >= 0.6 is 11.6 Å². The van der Waals surface area contributed by atoms with Crippen molar-refractivity contribution < 1.29 is 13.2 Å². The maximum Gasteiger partial charge on any atom is 0.242 e. The van der Waals surface area contributed by atoms with Crippen LogP contribution in [0.2, 0.25) is 5.02 Å². The number of aryl methyl sites for hydroxylation is 1. The van der Waals surface area contributed by atoms with Gasteiger partial charge in [0.1, 0.15) is 0 Å². The molecule has 1 fully saturated rings. The van der Waals surface area contributed by atoms with E-state index in [0.717, 1.165) is 4.31 Å². The molecule has 0 spiro atoms. The van der Waals surface area contributed by atoms with Gasteiger partial charge in [-0.05, 0) is 30.7 Å². The van der Waals surface area contributed by atoms with Gasteiger partial charge in [-0.3, -0.25) is 4.79 Å². The number of carbonyl (C=O) groups excluding carboxylic acids is 1. The summed E-state index contributed by atoms with van der Waals surface area (Å²) in [6, 6.07) is 4.77. The number of benzene rings is 1. The van der Waals surface area contributed by atoms with Crippen LogP contribution in [0, 0.1) is 6.92 Å². The fraction of sp³-hybridized carbons (Fsp3) is 0.300. The van der Waals surface area contributed by atoms with Crippen molar-refractivity contribution in [1.29, 1.82) is 0 Å². The molecule has 0 aliphatic carbocycles. The van der Waals surface area contributed by atoms with Crippen molar-refractivity contribution in [2.24, 2.45) is 0 Å². The lowest BCUT2D eigenvalue weighted by Crippen LogP contribution is -2.29. The van der Waals surface area contributed by atoms with Crippen molar-refractivity contribution in [3.63, 3.8) is 0 Å². The summed E-state index contributed by atoms with van der Waals surface area (Å²) in [6.07, 6.45) is 0.0460. The molecule has 0 bridgehead atoms. The number of hydrogen-bond donors (Lipinski definition) is 0. The lowest BCUT2D eigenvalue weighted by atomic mass is 10.2. The number of hydrogen-bond acceptors (Lipinski definition) is 3. The number of amides is 1. The van der Waals surface area contributed by atoms with Gasteiger partial charge < -0.3 is 0 Å². The van der Waals surface area contributed by atoms with Crippen LogP contribution in [-0.2, 0) is 14.8 Å². The Bertz CT molecular complexity index is 553. The highest BCUT2D eigenvalue weighted by Crippen LogP contribution is 2.29. The quantitative estimate of drug-likeness (QED) is 0.772. The molecule has 1 aliphatic heterocycles. The molecule has 0 atom stereocenters. The fourth-order valence-corrected chi connectivity index (χ4v) is 3.44. The topological polar surface area (TPSA) is 54.5 Å². The molecular formula is C10H10ClNO3S. The van der Waals surface area contributed by atoms with E-state index in [-0.39, 0.29) is 18.1 Å². The summed E-state index contributed by atoms with van der Waals surface area (Å²) in [4.78, 5) is 11.5. The minimum absolute atomic E-state index is 0.0460. The largest absolute Gasteiger partial charge is 0.273 e. The summed E-state index contributed by atoms with van der Waals surface area (Å²) in [6.45, 7) is 1.72. The lowest BCUT2D eigenvalue weighted by molar-refractivity contribution is -0.116. The van der Waals surface area contributed by atoms with Crippen molar-refractivity contribution in [1.82, 2.24) is 0 Å². The first-order valence-electron chi connectivity index (χ1n) is 4.74. The van der Waals surface area contributed by atoms with Crippen molar-refractivity contribution in [3.8, 4) is 0 Å². The van der Waals surface area contributed by atoms with Gasteiger partial charge >= 0.3 is 0 Å². The average Bonchev–Trinajstić information content (AvgIpc) is 2.43. The predicted molar refractivity (Wildman–Crippen MR) is 62.1 cm³/mol. The lowest BCUT2D eigenvalue weighted by Gasteiger charge is -2.17. The molecule has 6 heteroatoms. The number of halogens is 1. The monoisotopic (exact) mass is 259 g/mol. The minimum atomic E-state index is -3.48. The molecule has 1 aromatic rings. The van der Waals surface area contributed by atoms with Crippen LogP contribution in [0.4, 0.5) is 5.69 Å². The Morgan fingerprint density at radius 3 is 2.56 bits per heavy atom. The first kappa shape index (κ1) is 11.4. The van der Waals surface area contributed by atoms with Crippen molar-refractivity contribution in [2.75, 3.05) is 10.1 Å². The Kier molecular flexibility index (Phi) is 2.67. The third-order valence-electron chi connectivity index (χ3n) is 2.46. The maximum absolute atomic E-state index is 11.7. The Balaban J connectivity index is 2.56. The van der Waals surface area contributed by atoms with E-state index in [4.69, 9.17) is 11.6 Å². The first-order valence-corrected chi connectivity index (χ1v) is 6.72. The van der Waals surface area contributed by atoms with Crippen molar-refractivity contribution >= 4 is 33.2 Å². The second-order valence-corrected chi connectivity index (χ2v) is 6.03. The summed E-state index contributed by atoms with van der Waals surface area (Å²) in [5.41, 5.74) is 1.07. The molecule has 2 rings (SSSR count).